The molecule has 0 atom stereocenters. The number of hydrogen-bond acceptors (Lipinski definition) is 2. The van der Waals surface area contributed by atoms with E-state index in [1.54, 1.807) is 12.1 Å². The molecule has 0 saturated heterocycles. The van der Waals surface area contributed by atoms with Gasteiger partial charge in [0.15, 0.2) is 0 Å². The fourth-order valence-corrected chi connectivity index (χ4v) is 4.17. The molecule has 0 amide bonds. The summed E-state index contributed by atoms with van der Waals surface area (Å²) in [6.07, 6.45) is 0. The normalized spacial score (nSPS) is 11.6. The van der Waals surface area contributed by atoms with Gasteiger partial charge in [0.25, 0.3) is 0 Å². The predicted octanol–water partition coefficient (Wildman–Crippen LogP) is 4.99. The first-order valence-corrected chi connectivity index (χ1v) is 10.2. The van der Waals surface area contributed by atoms with Gasteiger partial charge in [-0.05, 0) is 39.6 Å². The Morgan fingerprint density at radius 2 is 1.26 bits per heavy atom. The molecule has 0 aliphatic heterocycles. The van der Waals surface area contributed by atoms with Crippen molar-refractivity contribution in [3.8, 4) is 11.1 Å². The van der Waals surface area contributed by atoms with Crippen molar-refractivity contribution in [2.75, 3.05) is 0 Å². The number of nitrogens with one attached hydrogen (secondary N) is 1. The van der Waals surface area contributed by atoms with E-state index in [1.165, 1.54) is 0 Å². The highest BCUT2D eigenvalue weighted by Gasteiger charge is 2.14. The maximum absolute atomic E-state index is 12.7. The average Bonchev–Trinajstić information content (AvgIpc) is 2.73. The van der Waals surface area contributed by atoms with E-state index in [0.29, 0.717) is 0 Å². The van der Waals surface area contributed by atoms with Gasteiger partial charge < -0.3 is 0 Å². The first-order valence-electron chi connectivity index (χ1n) is 8.75. The lowest BCUT2D eigenvalue weighted by Crippen LogP contribution is -2.23. The van der Waals surface area contributed by atoms with Gasteiger partial charge in [-0.1, -0.05) is 84.9 Å². The van der Waals surface area contributed by atoms with Crippen molar-refractivity contribution in [1.29, 1.82) is 0 Å². The van der Waals surface area contributed by atoms with Gasteiger partial charge in [0.1, 0.15) is 0 Å². The second-order valence-corrected chi connectivity index (χ2v) is 8.12. The van der Waals surface area contributed by atoms with Crippen LogP contribution in [0, 0.1) is 0 Å². The lowest BCUT2D eigenvalue weighted by molar-refractivity contribution is 0.581. The third-order valence-corrected chi connectivity index (χ3v) is 6.02. The molecule has 4 aromatic carbocycles. The van der Waals surface area contributed by atoms with E-state index in [0.717, 1.165) is 27.5 Å². The molecule has 3 nitrogen and oxygen atoms in total. The highest BCUT2D eigenvalue weighted by molar-refractivity contribution is 7.89. The van der Waals surface area contributed by atoms with Crippen LogP contribution in [0.5, 0.6) is 0 Å². The highest BCUT2D eigenvalue weighted by atomic mass is 32.2. The van der Waals surface area contributed by atoms with Crippen LogP contribution >= 0.6 is 0 Å². The first kappa shape index (κ1) is 17.5. The summed E-state index contributed by atoms with van der Waals surface area (Å²) in [7, 11) is -3.58. The Bertz CT molecular complexity index is 1160. The van der Waals surface area contributed by atoms with Gasteiger partial charge in [-0.15, -0.1) is 0 Å². The van der Waals surface area contributed by atoms with Crippen molar-refractivity contribution < 1.29 is 8.42 Å². The molecule has 0 bridgehead atoms. The first-order chi connectivity index (χ1) is 13.1. The third kappa shape index (κ3) is 3.77. The van der Waals surface area contributed by atoms with Crippen LogP contribution in [-0.4, -0.2) is 8.42 Å². The van der Waals surface area contributed by atoms with Gasteiger partial charge in [0, 0.05) is 6.54 Å². The van der Waals surface area contributed by atoms with Gasteiger partial charge in [0.2, 0.25) is 10.0 Å². The maximum atomic E-state index is 12.7. The predicted molar refractivity (Wildman–Crippen MR) is 110 cm³/mol. The van der Waals surface area contributed by atoms with Crippen LogP contribution in [0.1, 0.15) is 5.56 Å². The van der Waals surface area contributed by atoms with Crippen LogP contribution < -0.4 is 4.72 Å². The Labute approximate surface area is 159 Å². The van der Waals surface area contributed by atoms with Gasteiger partial charge in [0.05, 0.1) is 4.90 Å². The number of benzene rings is 4. The SMILES string of the molecule is O=S(=O)(NCc1cccc2ccccc12)c1ccc(-c2ccccc2)cc1. The van der Waals surface area contributed by atoms with E-state index >= 15 is 0 Å². The van der Waals surface area contributed by atoms with Crippen molar-refractivity contribution >= 4 is 20.8 Å². The summed E-state index contributed by atoms with van der Waals surface area (Å²) in [6, 6.07) is 30.7. The number of rotatable bonds is 5. The topological polar surface area (TPSA) is 46.2 Å². The van der Waals surface area contributed by atoms with Gasteiger partial charge in [-0.25, -0.2) is 13.1 Å². The van der Waals surface area contributed by atoms with Crippen LogP contribution in [-0.2, 0) is 16.6 Å². The van der Waals surface area contributed by atoms with Crippen molar-refractivity contribution in [2.24, 2.45) is 0 Å². The Morgan fingerprint density at radius 1 is 0.630 bits per heavy atom. The minimum absolute atomic E-state index is 0.254. The lowest BCUT2D eigenvalue weighted by Gasteiger charge is -2.10. The number of fused-ring (bicyclic) bond motifs is 1. The molecule has 0 saturated carbocycles. The molecule has 4 rings (SSSR count). The fourth-order valence-electron chi connectivity index (χ4n) is 3.16. The summed E-state index contributed by atoms with van der Waals surface area (Å²) in [4.78, 5) is 0.266. The van der Waals surface area contributed by atoms with Crippen LogP contribution in [0.4, 0.5) is 0 Å². The van der Waals surface area contributed by atoms with E-state index in [1.807, 2.05) is 84.9 Å². The molecule has 0 aliphatic carbocycles. The monoisotopic (exact) mass is 373 g/mol. The van der Waals surface area contributed by atoms with Gasteiger partial charge in [-0.3, -0.25) is 0 Å². The molecule has 134 valence electrons. The fraction of sp³-hybridized carbons (Fsp3) is 0.0435. The largest absolute Gasteiger partial charge is 0.240 e. The van der Waals surface area contributed by atoms with Crippen LogP contribution in [0.3, 0.4) is 0 Å². The minimum Gasteiger partial charge on any atom is -0.207 e. The summed E-state index contributed by atoms with van der Waals surface area (Å²) in [6.45, 7) is 0.254. The second-order valence-electron chi connectivity index (χ2n) is 6.35. The van der Waals surface area contributed by atoms with Crippen molar-refractivity contribution in [3.63, 3.8) is 0 Å². The molecule has 0 fully saturated rings. The third-order valence-electron chi connectivity index (χ3n) is 4.60. The molecule has 0 aliphatic rings. The Balaban J connectivity index is 1.55. The summed E-state index contributed by atoms with van der Waals surface area (Å²) < 4.78 is 28.1. The van der Waals surface area contributed by atoms with Crippen LogP contribution in [0.25, 0.3) is 21.9 Å². The average molecular weight is 373 g/mol. The molecular weight excluding hydrogens is 354 g/mol. The summed E-state index contributed by atoms with van der Waals surface area (Å²) in [5, 5.41) is 2.16. The van der Waals surface area contributed by atoms with E-state index < -0.39 is 10.0 Å². The van der Waals surface area contributed by atoms with E-state index in [-0.39, 0.29) is 11.4 Å². The van der Waals surface area contributed by atoms with Crippen molar-refractivity contribution in [2.45, 2.75) is 11.4 Å². The smallest absolute Gasteiger partial charge is 0.207 e. The molecule has 4 aromatic rings. The summed E-state index contributed by atoms with van der Waals surface area (Å²) in [5.41, 5.74) is 3.01. The Hall–Kier alpha value is -2.95. The summed E-state index contributed by atoms with van der Waals surface area (Å²) >= 11 is 0. The molecule has 1 N–H and O–H groups in total. The number of sulfonamides is 1. The zero-order chi connectivity index (χ0) is 18.7. The molecule has 0 unspecified atom stereocenters. The molecule has 27 heavy (non-hydrogen) atoms. The maximum Gasteiger partial charge on any atom is 0.240 e. The van der Waals surface area contributed by atoms with E-state index in [9.17, 15) is 8.42 Å². The molecule has 0 aromatic heterocycles. The highest BCUT2D eigenvalue weighted by Crippen LogP contribution is 2.22. The quantitative estimate of drug-likeness (QED) is 0.536. The second kappa shape index (κ2) is 7.35. The van der Waals surface area contributed by atoms with Crippen molar-refractivity contribution in [3.05, 3.63) is 103 Å². The molecule has 4 heteroatoms. The van der Waals surface area contributed by atoms with Crippen molar-refractivity contribution in [1.82, 2.24) is 4.72 Å². The zero-order valence-corrected chi connectivity index (χ0v) is 15.5. The lowest BCUT2D eigenvalue weighted by atomic mass is 10.1. The van der Waals surface area contributed by atoms with Gasteiger partial charge >= 0.3 is 0 Å². The Morgan fingerprint density at radius 3 is 2.04 bits per heavy atom. The van der Waals surface area contributed by atoms with E-state index in [4.69, 9.17) is 0 Å². The molecular formula is C23H19NO2S. The molecule has 0 spiro atoms. The van der Waals surface area contributed by atoms with Gasteiger partial charge in [-0.2, -0.15) is 0 Å². The molecule has 0 radical (unpaired) electrons. The zero-order valence-electron chi connectivity index (χ0n) is 14.7. The minimum atomic E-state index is -3.58. The Kier molecular flexibility index (Phi) is 4.75. The summed E-state index contributed by atoms with van der Waals surface area (Å²) in [5.74, 6) is 0. The standard InChI is InChI=1S/C23H19NO2S/c25-27(26,22-15-13-19(14-16-22)18-7-2-1-3-8-18)24-17-21-11-6-10-20-9-4-5-12-23(20)21/h1-16,24H,17H2. The number of hydrogen-bond donors (Lipinski definition) is 1. The van der Waals surface area contributed by atoms with E-state index in [2.05, 4.69) is 4.72 Å². The molecule has 0 heterocycles. The van der Waals surface area contributed by atoms with Crippen LogP contribution in [0.15, 0.2) is 102 Å². The van der Waals surface area contributed by atoms with Crippen LogP contribution in [0.2, 0.25) is 0 Å².